The third-order valence-corrected chi connectivity index (χ3v) is 3.38. The molecule has 0 aromatic carbocycles. The van der Waals surface area contributed by atoms with E-state index in [4.69, 9.17) is 9.84 Å². The summed E-state index contributed by atoms with van der Waals surface area (Å²) in [4.78, 5) is 24.8. The number of amides is 2. The van der Waals surface area contributed by atoms with Crippen molar-refractivity contribution in [3.8, 4) is 0 Å². The average molecular weight is 272 g/mol. The van der Waals surface area contributed by atoms with Crippen LogP contribution < -0.4 is 5.32 Å². The van der Waals surface area contributed by atoms with Crippen LogP contribution in [0.3, 0.4) is 0 Å². The predicted octanol–water partition coefficient (Wildman–Crippen LogP) is 1.31. The molecule has 1 aliphatic rings. The number of piperidine rings is 1. The number of urea groups is 1. The van der Waals surface area contributed by atoms with Gasteiger partial charge in [-0.1, -0.05) is 13.3 Å². The quantitative estimate of drug-likeness (QED) is 0.764. The standard InChI is InChI=1S/C13H24N2O4/c1-3-5-11(12(16)17)14-13(18)15-7-4-6-10(8-15)9-19-2/h10-11H,3-9H2,1-2H3,(H,14,18)(H,16,17). The summed E-state index contributed by atoms with van der Waals surface area (Å²) >= 11 is 0. The molecule has 0 bridgehead atoms. The molecule has 1 aliphatic heterocycles. The van der Waals surface area contributed by atoms with Gasteiger partial charge in [0.15, 0.2) is 0 Å². The van der Waals surface area contributed by atoms with Gasteiger partial charge in [-0.15, -0.1) is 0 Å². The number of nitrogens with one attached hydrogen (secondary N) is 1. The van der Waals surface area contributed by atoms with Crippen LogP contribution in [0.1, 0.15) is 32.6 Å². The van der Waals surface area contributed by atoms with E-state index < -0.39 is 12.0 Å². The number of hydrogen-bond donors (Lipinski definition) is 2. The van der Waals surface area contributed by atoms with Crippen molar-refractivity contribution < 1.29 is 19.4 Å². The number of carbonyl (C=O) groups excluding carboxylic acids is 1. The number of likely N-dealkylation sites (tertiary alicyclic amines) is 1. The minimum atomic E-state index is -0.972. The lowest BCUT2D eigenvalue weighted by atomic mass is 9.99. The number of nitrogens with zero attached hydrogens (tertiary/aromatic N) is 1. The third-order valence-electron chi connectivity index (χ3n) is 3.38. The van der Waals surface area contributed by atoms with Crippen LogP contribution in [0.5, 0.6) is 0 Å². The van der Waals surface area contributed by atoms with E-state index in [1.165, 1.54) is 0 Å². The Balaban J connectivity index is 2.49. The first-order valence-electron chi connectivity index (χ1n) is 6.85. The number of hydrogen-bond acceptors (Lipinski definition) is 3. The molecule has 110 valence electrons. The molecule has 0 aromatic heterocycles. The van der Waals surface area contributed by atoms with Crippen molar-refractivity contribution in [2.24, 2.45) is 5.92 Å². The second kappa shape index (κ2) is 7.99. The van der Waals surface area contributed by atoms with Crippen LogP contribution in [-0.2, 0) is 9.53 Å². The molecule has 0 saturated carbocycles. The first kappa shape index (κ1) is 15.8. The average Bonchev–Trinajstić information content (AvgIpc) is 2.38. The number of carboxylic acids is 1. The van der Waals surface area contributed by atoms with Crippen molar-refractivity contribution >= 4 is 12.0 Å². The van der Waals surface area contributed by atoms with Gasteiger partial charge in [0, 0.05) is 26.1 Å². The lowest BCUT2D eigenvalue weighted by Gasteiger charge is -2.33. The van der Waals surface area contributed by atoms with Gasteiger partial charge in [0.25, 0.3) is 0 Å². The Kier molecular flexibility index (Phi) is 6.62. The molecule has 0 spiro atoms. The highest BCUT2D eigenvalue weighted by atomic mass is 16.5. The molecule has 2 unspecified atom stereocenters. The highest BCUT2D eigenvalue weighted by Crippen LogP contribution is 2.16. The maximum absolute atomic E-state index is 12.0. The number of ether oxygens (including phenoxy) is 1. The smallest absolute Gasteiger partial charge is 0.326 e. The van der Waals surface area contributed by atoms with Crippen LogP contribution in [0, 0.1) is 5.92 Å². The molecule has 1 heterocycles. The Morgan fingerprint density at radius 2 is 2.26 bits per heavy atom. The second-order valence-electron chi connectivity index (χ2n) is 5.04. The molecule has 1 saturated heterocycles. The Bertz CT molecular complexity index is 307. The molecule has 2 N–H and O–H groups in total. The molecule has 0 aliphatic carbocycles. The predicted molar refractivity (Wildman–Crippen MR) is 71.0 cm³/mol. The zero-order chi connectivity index (χ0) is 14.3. The molecule has 0 aromatic rings. The van der Waals surface area contributed by atoms with E-state index in [1.54, 1.807) is 12.0 Å². The van der Waals surface area contributed by atoms with Crippen molar-refractivity contribution in [3.05, 3.63) is 0 Å². The summed E-state index contributed by atoms with van der Waals surface area (Å²) in [5.41, 5.74) is 0. The van der Waals surface area contributed by atoms with Crippen LogP contribution in [0.25, 0.3) is 0 Å². The fourth-order valence-electron chi connectivity index (χ4n) is 2.41. The van der Waals surface area contributed by atoms with Crippen LogP contribution in [-0.4, -0.2) is 54.9 Å². The number of methoxy groups -OCH3 is 1. The van der Waals surface area contributed by atoms with Crippen LogP contribution in [0.15, 0.2) is 0 Å². The Morgan fingerprint density at radius 1 is 1.53 bits per heavy atom. The summed E-state index contributed by atoms with van der Waals surface area (Å²) in [6, 6.07) is -1.07. The molecular weight excluding hydrogens is 248 g/mol. The van der Waals surface area contributed by atoms with Crippen molar-refractivity contribution in [1.29, 1.82) is 0 Å². The van der Waals surface area contributed by atoms with E-state index >= 15 is 0 Å². The Labute approximate surface area is 114 Å². The van der Waals surface area contributed by atoms with Gasteiger partial charge in [-0.25, -0.2) is 9.59 Å². The van der Waals surface area contributed by atoms with Gasteiger partial charge in [0.2, 0.25) is 0 Å². The zero-order valence-electron chi connectivity index (χ0n) is 11.7. The molecule has 2 amide bonds. The Morgan fingerprint density at radius 3 is 2.84 bits per heavy atom. The van der Waals surface area contributed by atoms with Gasteiger partial charge < -0.3 is 20.1 Å². The largest absolute Gasteiger partial charge is 0.480 e. The van der Waals surface area contributed by atoms with Crippen molar-refractivity contribution in [2.75, 3.05) is 26.8 Å². The summed E-state index contributed by atoms with van der Waals surface area (Å²) in [5, 5.41) is 11.6. The molecule has 1 rings (SSSR count). The fourth-order valence-corrected chi connectivity index (χ4v) is 2.41. The molecular formula is C13H24N2O4. The van der Waals surface area contributed by atoms with Gasteiger partial charge in [-0.05, 0) is 19.3 Å². The first-order valence-corrected chi connectivity index (χ1v) is 6.85. The van der Waals surface area contributed by atoms with Gasteiger partial charge in [0.1, 0.15) is 6.04 Å². The molecule has 1 fully saturated rings. The van der Waals surface area contributed by atoms with Crippen molar-refractivity contribution in [2.45, 2.75) is 38.6 Å². The van der Waals surface area contributed by atoms with Crippen molar-refractivity contribution in [3.63, 3.8) is 0 Å². The first-order chi connectivity index (χ1) is 9.08. The van der Waals surface area contributed by atoms with Crippen LogP contribution in [0.4, 0.5) is 4.79 Å². The van der Waals surface area contributed by atoms with E-state index in [-0.39, 0.29) is 6.03 Å². The summed E-state index contributed by atoms with van der Waals surface area (Å²) in [5.74, 6) is -0.625. The van der Waals surface area contributed by atoms with Gasteiger partial charge >= 0.3 is 12.0 Å². The van der Waals surface area contributed by atoms with Crippen LogP contribution in [0.2, 0.25) is 0 Å². The molecule has 19 heavy (non-hydrogen) atoms. The Hall–Kier alpha value is -1.30. The molecule has 2 atom stereocenters. The van der Waals surface area contributed by atoms with E-state index in [9.17, 15) is 9.59 Å². The third kappa shape index (κ3) is 5.06. The SMILES string of the molecule is CCCC(NC(=O)N1CCCC(COC)C1)C(=O)O. The van der Waals surface area contributed by atoms with Crippen LogP contribution >= 0.6 is 0 Å². The maximum atomic E-state index is 12.0. The van der Waals surface area contributed by atoms with E-state index in [1.807, 2.05) is 6.92 Å². The monoisotopic (exact) mass is 272 g/mol. The maximum Gasteiger partial charge on any atom is 0.326 e. The topological polar surface area (TPSA) is 78.9 Å². The van der Waals surface area contributed by atoms with E-state index in [2.05, 4.69) is 5.32 Å². The van der Waals surface area contributed by atoms with E-state index in [0.29, 0.717) is 32.0 Å². The molecule has 6 heteroatoms. The summed E-state index contributed by atoms with van der Waals surface area (Å²) in [7, 11) is 1.65. The number of carboxylic acid groups (broad SMARTS) is 1. The highest BCUT2D eigenvalue weighted by Gasteiger charge is 2.26. The fraction of sp³-hybridized carbons (Fsp3) is 0.846. The highest BCUT2D eigenvalue weighted by molar-refractivity contribution is 5.82. The summed E-state index contributed by atoms with van der Waals surface area (Å²) in [6.45, 7) is 3.86. The zero-order valence-corrected chi connectivity index (χ0v) is 11.7. The second-order valence-corrected chi connectivity index (χ2v) is 5.04. The molecule has 0 radical (unpaired) electrons. The van der Waals surface area contributed by atoms with Crippen molar-refractivity contribution in [1.82, 2.24) is 10.2 Å². The van der Waals surface area contributed by atoms with Gasteiger partial charge in [-0.2, -0.15) is 0 Å². The minimum absolute atomic E-state index is 0.276. The number of rotatable bonds is 6. The molecule has 6 nitrogen and oxygen atoms in total. The van der Waals surface area contributed by atoms with Gasteiger partial charge in [0.05, 0.1) is 6.61 Å². The van der Waals surface area contributed by atoms with E-state index in [0.717, 1.165) is 19.3 Å². The minimum Gasteiger partial charge on any atom is -0.480 e. The lowest BCUT2D eigenvalue weighted by molar-refractivity contribution is -0.139. The van der Waals surface area contributed by atoms with Gasteiger partial charge in [-0.3, -0.25) is 0 Å². The number of aliphatic carboxylic acids is 1. The normalized spacial score (nSPS) is 20.9. The number of carbonyl (C=O) groups is 2. The summed E-state index contributed by atoms with van der Waals surface area (Å²) < 4.78 is 5.11. The summed E-state index contributed by atoms with van der Waals surface area (Å²) in [6.07, 6.45) is 3.17. The lowest BCUT2D eigenvalue weighted by Crippen LogP contribution is -2.51.